The van der Waals surface area contributed by atoms with Crippen molar-refractivity contribution in [2.45, 2.75) is 76.4 Å². The molecule has 0 unspecified atom stereocenters. The van der Waals surface area contributed by atoms with Gasteiger partial charge in [0, 0.05) is 24.2 Å². The fourth-order valence-electron chi connectivity index (χ4n) is 3.42. The first-order valence-electron chi connectivity index (χ1n) is 9.04. The fourth-order valence-corrected chi connectivity index (χ4v) is 3.80. The number of thiocarbonyl (C=S) groups is 1. The highest BCUT2D eigenvalue weighted by atomic mass is 32.1. The van der Waals surface area contributed by atoms with E-state index in [0.29, 0.717) is 18.6 Å². The Bertz CT molecular complexity index is 522. The van der Waals surface area contributed by atoms with Crippen LogP contribution in [-0.4, -0.2) is 22.1 Å². The van der Waals surface area contributed by atoms with Crippen LogP contribution in [0.4, 0.5) is 4.39 Å². The van der Waals surface area contributed by atoms with Gasteiger partial charge in [-0.05, 0) is 44.0 Å². The predicted octanol–water partition coefficient (Wildman–Crippen LogP) is 4.78. The Morgan fingerprint density at radius 1 is 1.04 bits per heavy atom. The summed E-state index contributed by atoms with van der Waals surface area (Å²) in [5.41, 5.74) is 0.737. The van der Waals surface area contributed by atoms with Gasteiger partial charge in [0.15, 0.2) is 5.11 Å². The molecule has 0 amide bonds. The van der Waals surface area contributed by atoms with Crippen LogP contribution in [0.3, 0.4) is 0 Å². The maximum atomic E-state index is 14.0. The van der Waals surface area contributed by atoms with Crippen molar-refractivity contribution in [3.63, 3.8) is 0 Å². The van der Waals surface area contributed by atoms with Crippen molar-refractivity contribution in [3.8, 4) is 0 Å². The smallest absolute Gasteiger partial charge is 0.169 e. The quantitative estimate of drug-likeness (QED) is 0.798. The summed E-state index contributed by atoms with van der Waals surface area (Å²) in [5.74, 6) is -0.132. The molecular weight excluding hydrogens is 307 g/mol. The summed E-state index contributed by atoms with van der Waals surface area (Å²) in [6.45, 7) is 0.579. The van der Waals surface area contributed by atoms with Crippen molar-refractivity contribution in [2.75, 3.05) is 0 Å². The molecule has 1 N–H and O–H groups in total. The molecule has 3 rings (SSSR count). The Morgan fingerprint density at radius 2 is 1.70 bits per heavy atom. The third kappa shape index (κ3) is 4.90. The van der Waals surface area contributed by atoms with Gasteiger partial charge in [-0.15, -0.1) is 0 Å². The maximum Gasteiger partial charge on any atom is 0.169 e. The van der Waals surface area contributed by atoms with Gasteiger partial charge in [-0.1, -0.05) is 50.3 Å². The third-order valence-corrected chi connectivity index (χ3v) is 5.33. The number of hydrogen-bond acceptors (Lipinski definition) is 1. The van der Waals surface area contributed by atoms with Crippen molar-refractivity contribution in [1.29, 1.82) is 0 Å². The van der Waals surface area contributed by atoms with E-state index in [-0.39, 0.29) is 5.82 Å². The van der Waals surface area contributed by atoms with Crippen molar-refractivity contribution < 1.29 is 4.39 Å². The van der Waals surface area contributed by atoms with Crippen LogP contribution < -0.4 is 5.32 Å². The van der Waals surface area contributed by atoms with Gasteiger partial charge < -0.3 is 10.2 Å². The molecule has 2 aliphatic rings. The zero-order valence-electron chi connectivity index (χ0n) is 13.8. The fraction of sp³-hybridized carbons (Fsp3) is 0.632. The van der Waals surface area contributed by atoms with E-state index in [1.165, 1.54) is 63.9 Å². The van der Waals surface area contributed by atoms with E-state index in [4.69, 9.17) is 12.2 Å². The lowest BCUT2D eigenvalue weighted by atomic mass is 9.97. The lowest BCUT2D eigenvalue weighted by molar-refractivity contribution is 0.363. The first-order valence-corrected chi connectivity index (χ1v) is 9.45. The Labute approximate surface area is 144 Å². The topological polar surface area (TPSA) is 15.3 Å². The highest BCUT2D eigenvalue weighted by Crippen LogP contribution is 2.29. The molecule has 0 bridgehead atoms. The van der Waals surface area contributed by atoms with Crippen LogP contribution in [0.5, 0.6) is 0 Å². The minimum absolute atomic E-state index is 0.132. The normalized spacial score (nSPS) is 19.7. The van der Waals surface area contributed by atoms with E-state index in [2.05, 4.69) is 10.2 Å². The lowest BCUT2D eigenvalue weighted by Crippen LogP contribution is -2.45. The van der Waals surface area contributed by atoms with Gasteiger partial charge in [-0.3, -0.25) is 0 Å². The summed E-state index contributed by atoms with van der Waals surface area (Å²) in [4.78, 5) is 2.20. The highest BCUT2D eigenvalue weighted by Gasteiger charge is 2.32. The average molecular weight is 335 g/mol. The van der Waals surface area contributed by atoms with Crippen molar-refractivity contribution >= 4 is 17.3 Å². The minimum atomic E-state index is -0.132. The molecule has 2 saturated carbocycles. The molecule has 1 aromatic carbocycles. The van der Waals surface area contributed by atoms with Crippen LogP contribution in [0.1, 0.15) is 63.4 Å². The van der Waals surface area contributed by atoms with E-state index < -0.39 is 0 Å². The molecule has 1 aromatic rings. The molecule has 2 nitrogen and oxygen atoms in total. The number of nitrogens with one attached hydrogen (secondary N) is 1. The second-order valence-corrected chi connectivity index (χ2v) is 7.33. The summed E-state index contributed by atoms with van der Waals surface area (Å²) in [6, 6.07) is 8.02. The zero-order valence-corrected chi connectivity index (χ0v) is 14.6. The summed E-state index contributed by atoms with van der Waals surface area (Å²) in [7, 11) is 0. The predicted molar refractivity (Wildman–Crippen MR) is 96.8 cm³/mol. The molecule has 0 atom stereocenters. The average Bonchev–Trinajstić information content (AvgIpc) is 3.33. The van der Waals surface area contributed by atoms with Crippen molar-refractivity contribution in [3.05, 3.63) is 35.6 Å². The van der Waals surface area contributed by atoms with Crippen LogP contribution in [0, 0.1) is 5.82 Å². The van der Waals surface area contributed by atoms with Crippen LogP contribution in [-0.2, 0) is 6.54 Å². The molecule has 126 valence electrons. The van der Waals surface area contributed by atoms with Crippen LogP contribution in [0.2, 0.25) is 0 Å². The van der Waals surface area contributed by atoms with Gasteiger partial charge >= 0.3 is 0 Å². The van der Waals surface area contributed by atoms with Gasteiger partial charge in [0.05, 0.1) is 0 Å². The molecule has 2 fully saturated rings. The number of halogens is 1. The number of nitrogens with zero attached hydrogens (tertiary/aromatic N) is 1. The second kappa shape index (κ2) is 8.09. The molecule has 0 saturated heterocycles. The van der Waals surface area contributed by atoms with E-state index in [1.54, 1.807) is 6.07 Å². The molecule has 2 aliphatic carbocycles. The van der Waals surface area contributed by atoms with Gasteiger partial charge in [-0.2, -0.15) is 0 Å². The zero-order chi connectivity index (χ0) is 16.1. The molecule has 4 heteroatoms. The van der Waals surface area contributed by atoms with Crippen LogP contribution in [0.25, 0.3) is 0 Å². The SMILES string of the molecule is Fc1ccccc1CN(C(=S)NC1CCCCCCC1)C1CC1. The standard InChI is InChI=1S/C19H27FN2S/c20-18-11-7-6-8-15(18)14-22(17-12-13-17)19(23)21-16-9-4-2-1-3-5-10-16/h6-8,11,16-17H,1-5,9-10,12-14H2,(H,21,23). The third-order valence-electron chi connectivity index (χ3n) is 4.98. The summed E-state index contributed by atoms with van der Waals surface area (Å²) < 4.78 is 14.0. The van der Waals surface area contributed by atoms with Gasteiger partial charge in [0.2, 0.25) is 0 Å². The Kier molecular flexibility index (Phi) is 5.87. The van der Waals surface area contributed by atoms with E-state index in [9.17, 15) is 4.39 Å². The van der Waals surface area contributed by atoms with Crippen LogP contribution >= 0.6 is 12.2 Å². The second-order valence-electron chi connectivity index (χ2n) is 6.94. The van der Waals surface area contributed by atoms with Gasteiger partial charge in [-0.25, -0.2) is 4.39 Å². The largest absolute Gasteiger partial charge is 0.360 e. The summed E-state index contributed by atoms with van der Waals surface area (Å²) in [5, 5.41) is 4.40. The van der Waals surface area contributed by atoms with Crippen molar-refractivity contribution in [1.82, 2.24) is 10.2 Å². The molecule has 0 heterocycles. The molecular formula is C19H27FN2S. The lowest BCUT2D eigenvalue weighted by Gasteiger charge is -2.30. The van der Waals surface area contributed by atoms with Gasteiger partial charge in [0.25, 0.3) is 0 Å². The Hall–Kier alpha value is -1.16. The first-order chi connectivity index (χ1) is 11.2. The van der Waals surface area contributed by atoms with E-state index in [0.717, 1.165) is 10.7 Å². The molecule has 23 heavy (non-hydrogen) atoms. The monoisotopic (exact) mass is 334 g/mol. The molecule has 0 spiro atoms. The number of hydrogen-bond donors (Lipinski definition) is 1. The minimum Gasteiger partial charge on any atom is -0.360 e. The maximum absolute atomic E-state index is 14.0. The number of benzene rings is 1. The van der Waals surface area contributed by atoms with E-state index >= 15 is 0 Å². The summed E-state index contributed by atoms with van der Waals surface area (Å²) >= 11 is 5.69. The van der Waals surface area contributed by atoms with Gasteiger partial charge in [0.1, 0.15) is 5.82 Å². The summed E-state index contributed by atoms with van der Waals surface area (Å²) in [6.07, 6.45) is 11.4. The number of rotatable bonds is 4. The van der Waals surface area contributed by atoms with Crippen LogP contribution in [0.15, 0.2) is 24.3 Å². The van der Waals surface area contributed by atoms with E-state index in [1.807, 2.05) is 12.1 Å². The molecule has 0 aromatic heterocycles. The Morgan fingerprint density at radius 3 is 2.35 bits per heavy atom. The molecule has 0 aliphatic heterocycles. The Balaban J connectivity index is 1.61. The highest BCUT2D eigenvalue weighted by molar-refractivity contribution is 7.80. The molecule has 0 radical (unpaired) electrons. The van der Waals surface area contributed by atoms with Crippen molar-refractivity contribution in [2.24, 2.45) is 0 Å². The first kappa shape index (κ1) is 16.7.